The van der Waals surface area contributed by atoms with Crippen molar-refractivity contribution in [1.82, 2.24) is 10.3 Å². The summed E-state index contributed by atoms with van der Waals surface area (Å²) >= 11 is 0. The lowest BCUT2D eigenvalue weighted by Gasteiger charge is -2.16. The van der Waals surface area contributed by atoms with Gasteiger partial charge in [-0.1, -0.05) is 25.7 Å². The fourth-order valence-electron chi connectivity index (χ4n) is 2.65. The number of carbonyl (C=O) groups excluding carboxylic acids is 1. The molecule has 1 aliphatic rings. The number of nitrogens with zero attached hydrogens (tertiary/aromatic N) is 1. The third-order valence-electron chi connectivity index (χ3n) is 3.83. The topological polar surface area (TPSA) is 63.2 Å². The van der Waals surface area contributed by atoms with Crippen molar-refractivity contribution in [2.75, 3.05) is 25.6 Å². The SMILES string of the molecule is COCCNc1cncc(C(=O)NC2CCCCCC2)c1. The molecule has 1 aliphatic carbocycles. The molecule has 5 nitrogen and oxygen atoms in total. The zero-order valence-corrected chi connectivity index (χ0v) is 12.7. The van der Waals surface area contributed by atoms with Gasteiger partial charge in [0.25, 0.3) is 5.91 Å². The second-order valence-corrected chi connectivity index (χ2v) is 5.54. The van der Waals surface area contributed by atoms with Gasteiger partial charge in [0, 0.05) is 32.1 Å². The van der Waals surface area contributed by atoms with Crippen LogP contribution >= 0.6 is 0 Å². The number of hydrogen-bond acceptors (Lipinski definition) is 4. The van der Waals surface area contributed by atoms with Gasteiger partial charge in [0.05, 0.1) is 17.9 Å². The van der Waals surface area contributed by atoms with Crippen molar-refractivity contribution >= 4 is 11.6 Å². The molecule has 5 heteroatoms. The lowest BCUT2D eigenvalue weighted by atomic mass is 10.1. The molecular formula is C16H25N3O2. The molecule has 0 bridgehead atoms. The molecule has 1 aromatic rings. The molecule has 0 spiro atoms. The summed E-state index contributed by atoms with van der Waals surface area (Å²) < 4.78 is 4.99. The van der Waals surface area contributed by atoms with E-state index in [0.29, 0.717) is 24.8 Å². The highest BCUT2D eigenvalue weighted by molar-refractivity contribution is 5.94. The van der Waals surface area contributed by atoms with E-state index < -0.39 is 0 Å². The van der Waals surface area contributed by atoms with Crippen LogP contribution in [0.4, 0.5) is 5.69 Å². The van der Waals surface area contributed by atoms with Crippen molar-refractivity contribution in [3.8, 4) is 0 Å². The van der Waals surface area contributed by atoms with Crippen molar-refractivity contribution in [2.45, 2.75) is 44.6 Å². The number of hydrogen-bond donors (Lipinski definition) is 2. The van der Waals surface area contributed by atoms with E-state index in [1.54, 1.807) is 19.5 Å². The third-order valence-corrected chi connectivity index (χ3v) is 3.83. The van der Waals surface area contributed by atoms with Gasteiger partial charge in [-0.3, -0.25) is 9.78 Å². The zero-order valence-electron chi connectivity index (χ0n) is 12.7. The number of amides is 1. The van der Waals surface area contributed by atoms with Gasteiger partial charge in [-0.05, 0) is 18.9 Å². The fourth-order valence-corrected chi connectivity index (χ4v) is 2.65. The number of ether oxygens (including phenoxy) is 1. The quantitative estimate of drug-likeness (QED) is 0.624. The Morgan fingerprint density at radius 3 is 2.76 bits per heavy atom. The van der Waals surface area contributed by atoms with Gasteiger partial charge >= 0.3 is 0 Å². The second-order valence-electron chi connectivity index (χ2n) is 5.54. The molecule has 1 amide bonds. The maximum absolute atomic E-state index is 12.3. The number of nitrogens with one attached hydrogen (secondary N) is 2. The Morgan fingerprint density at radius 1 is 1.29 bits per heavy atom. The van der Waals surface area contributed by atoms with Gasteiger partial charge in [0.15, 0.2) is 0 Å². The number of anilines is 1. The predicted molar refractivity (Wildman–Crippen MR) is 83.6 cm³/mol. The minimum Gasteiger partial charge on any atom is -0.383 e. The molecule has 2 rings (SSSR count). The van der Waals surface area contributed by atoms with E-state index in [4.69, 9.17) is 4.74 Å². The van der Waals surface area contributed by atoms with Crippen LogP contribution in [0.15, 0.2) is 18.5 Å². The van der Waals surface area contributed by atoms with Gasteiger partial charge in [-0.15, -0.1) is 0 Å². The number of rotatable bonds is 6. The standard InChI is InChI=1S/C16H25N3O2/c1-21-9-8-18-15-10-13(11-17-12-15)16(20)19-14-6-4-2-3-5-7-14/h10-12,14,18H,2-9H2,1H3,(H,19,20). The molecule has 0 saturated heterocycles. The molecule has 21 heavy (non-hydrogen) atoms. The van der Waals surface area contributed by atoms with Crippen LogP contribution in [0.1, 0.15) is 48.9 Å². The third kappa shape index (κ3) is 5.34. The highest BCUT2D eigenvalue weighted by atomic mass is 16.5. The molecule has 0 atom stereocenters. The Balaban J connectivity index is 1.90. The van der Waals surface area contributed by atoms with Crippen LogP contribution in [0.3, 0.4) is 0 Å². The van der Waals surface area contributed by atoms with Crippen molar-refractivity contribution in [1.29, 1.82) is 0 Å². The zero-order chi connectivity index (χ0) is 14.9. The minimum absolute atomic E-state index is 0.0233. The van der Waals surface area contributed by atoms with Crippen LogP contribution in [-0.4, -0.2) is 37.2 Å². The molecule has 1 fully saturated rings. The van der Waals surface area contributed by atoms with Gasteiger partial charge in [0.2, 0.25) is 0 Å². The summed E-state index contributed by atoms with van der Waals surface area (Å²) in [6.07, 6.45) is 10.5. The minimum atomic E-state index is -0.0233. The molecule has 0 aliphatic heterocycles. The Hall–Kier alpha value is -1.62. The van der Waals surface area contributed by atoms with Crippen molar-refractivity contribution in [3.05, 3.63) is 24.0 Å². The summed E-state index contributed by atoms with van der Waals surface area (Å²) in [4.78, 5) is 16.4. The fraction of sp³-hybridized carbons (Fsp3) is 0.625. The largest absolute Gasteiger partial charge is 0.383 e. The normalized spacial score (nSPS) is 16.2. The average Bonchev–Trinajstić information content (AvgIpc) is 2.76. The first-order valence-electron chi connectivity index (χ1n) is 7.78. The maximum atomic E-state index is 12.3. The first-order valence-corrected chi connectivity index (χ1v) is 7.78. The first-order chi connectivity index (χ1) is 10.3. The van der Waals surface area contributed by atoms with Crippen LogP contribution in [0, 0.1) is 0 Å². The Labute approximate surface area is 126 Å². The number of pyridine rings is 1. The Kier molecular flexibility index (Phi) is 6.47. The van der Waals surface area contributed by atoms with E-state index in [9.17, 15) is 4.79 Å². The van der Waals surface area contributed by atoms with Crippen molar-refractivity contribution in [3.63, 3.8) is 0 Å². The van der Waals surface area contributed by atoms with Crippen LogP contribution in [0.25, 0.3) is 0 Å². The van der Waals surface area contributed by atoms with Gasteiger partial charge in [-0.2, -0.15) is 0 Å². The van der Waals surface area contributed by atoms with E-state index in [1.807, 2.05) is 6.07 Å². The number of aromatic nitrogens is 1. The highest BCUT2D eigenvalue weighted by Crippen LogP contribution is 2.18. The van der Waals surface area contributed by atoms with Crippen LogP contribution < -0.4 is 10.6 Å². The van der Waals surface area contributed by atoms with E-state index in [1.165, 1.54) is 25.7 Å². The molecule has 1 saturated carbocycles. The van der Waals surface area contributed by atoms with Crippen molar-refractivity contribution < 1.29 is 9.53 Å². The summed E-state index contributed by atoms with van der Waals surface area (Å²) in [6.45, 7) is 1.32. The molecule has 116 valence electrons. The number of carbonyl (C=O) groups is 1. The summed E-state index contributed by atoms with van der Waals surface area (Å²) in [7, 11) is 1.66. The lowest BCUT2D eigenvalue weighted by Crippen LogP contribution is -2.34. The summed E-state index contributed by atoms with van der Waals surface area (Å²) in [5.74, 6) is -0.0233. The van der Waals surface area contributed by atoms with E-state index in [-0.39, 0.29) is 5.91 Å². The Morgan fingerprint density at radius 2 is 2.05 bits per heavy atom. The molecule has 0 unspecified atom stereocenters. The van der Waals surface area contributed by atoms with Gasteiger partial charge in [0.1, 0.15) is 0 Å². The predicted octanol–water partition coefficient (Wildman–Crippen LogP) is 2.59. The Bertz CT molecular complexity index is 443. The van der Waals surface area contributed by atoms with E-state index in [0.717, 1.165) is 18.5 Å². The second kappa shape index (κ2) is 8.62. The summed E-state index contributed by atoms with van der Waals surface area (Å²) in [5, 5.41) is 6.33. The molecule has 0 radical (unpaired) electrons. The highest BCUT2D eigenvalue weighted by Gasteiger charge is 2.16. The van der Waals surface area contributed by atoms with E-state index in [2.05, 4.69) is 15.6 Å². The molecule has 1 heterocycles. The molecule has 2 N–H and O–H groups in total. The molecular weight excluding hydrogens is 266 g/mol. The lowest BCUT2D eigenvalue weighted by molar-refractivity contribution is 0.0933. The first kappa shape index (κ1) is 15.8. The summed E-state index contributed by atoms with van der Waals surface area (Å²) in [5.41, 5.74) is 1.46. The smallest absolute Gasteiger partial charge is 0.253 e. The maximum Gasteiger partial charge on any atom is 0.253 e. The monoisotopic (exact) mass is 291 g/mol. The van der Waals surface area contributed by atoms with Gasteiger partial charge in [-0.25, -0.2) is 0 Å². The van der Waals surface area contributed by atoms with Crippen molar-refractivity contribution in [2.24, 2.45) is 0 Å². The van der Waals surface area contributed by atoms with E-state index >= 15 is 0 Å². The molecule has 0 aromatic carbocycles. The summed E-state index contributed by atoms with van der Waals surface area (Å²) in [6, 6.07) is 2.15. The van der Waals surface area contributed by atoms with Gasteiger partial charge < -0.3 is 15.4 Å². The molecule has 1 aromatic heterocycles. The average molecular weight is 291 g/mol. The van der Waals surface area contributed by atoms with Crippen LogP contribution in [0.2, 0.25) is 0 Å². The van der Waals surface area contributed by atoms with Crippen LogP contribution in [-0.2, 0) is 4.74 Å². The number of methoxy groups -OCH3 is 1. The van der Waals surface area contributed by atoms with Crippen LogP contribution in [0.5, 0.6) is 0 Å².